The highest BCUT2D eigenvalue weighted by molar-refractivity contribution is 7.90. The third-order valence-electron chi connectivity index (χ3n) is 4.72. The van der Waals surface area contributed by atoms with E-state index in [1.165, 1.54) is 30.3 Å². The maximum absolute atomic E-state index is 13.8. The van der Waals surface area contributed by atoms with Crippen molar-refractivity contribution in [1.29, 1.82) is 0 Å². The van der Waals surface area contributed by atoms with E-state index in [0.29, 0.717) is 22.5 Å². The predicted octanol–water partition coefficient (Wildman–Crippen LogP) is 5.18. The van der Waals surface area contributed by atoms with Crippen molar-refractivity contribution in [2.45, 2.75) is 4.90 Å². The van der Waals surface area contributed by atoms with Crippen molar-refractivity contribution >= 4 is 9.84 Å². The second-order valence-electron chi connectivity index (χ2n) is 6.86. The lowest BCUT2D eigenvalue weighted by Crippen LogP contribution is -2.06. The second-order valence-corrected chi connectivity index (χ2v) is 8.88. The molecule has 6 heteroatoms. The molecule has 1 heterocycles. The van der Waals surface area contributed by atoms with Crippen LogP contribution in [0.25, 0.3) is 33.6 Å². The van der Waals surface area contributed by atoms with Gasteiger partial charge in [0, 0.05) is 17.4 Å². The van der Waals surface area contributed by atoms with Crippen LogP contribution in [0, 0.1) is 5.82 Å². The molecule has 0 bridgehead atoms. The topological polar surface area (TPSA) is 64.3 Å². The lowest BCUT2D eigenvalue weighted by Gasteiger charge is -2.12. The van der Waals surface area contributed by atoms with Gasteiger partial charge in [-0.15, -0.1) is 0 Å². The summed E-state index contributed by atoms with van der Waals surface area (Å²) in [4.78, 5) is 13.1. The highest BCUT2D eigenvalue weighted by Crippen LogP contribution is 2.34. The van der Waals surface area contributed by atoms with Crippen molar-refractivity contribution in [1.82, 2.24) is 0 Å². The van der Waals surface area contributed by atoms with Crippen LogP contribution in [0.3, 0.4) is 0 Å². The molecule has 0 spiro atoms. The lowest BCUT2D eigenvalue weighted by molar-refractivity contribution is 0.529. The molecule has 30 heavy (non-hydrogen) atoms. The molecule has 0 radical (unpaired) electrons. The van der Waals surface area contributed by atoms with Gasteiger partial charge in [0.2, 0.25) is 0 Å². The summed E-state index contributed by atoms with van der Waals surface area (Å²) in [6.07, 6.45) is 1.13. The van der Waals surface area contributed by atoms with Crippen molar-refractivity contribution < 1.29 is 17.2 Å². The Morgan fingerprint density at radius 2 is 1.43 bits per heavy atom. The minimum absolute atomic E-state index is 0.171. The lowest BCUT2D eigenvalue weighted by atomic mass is 9.95. The fourth-order valence-electron chi connectivity index (χ4n) is 3.26. The Hall–Kier alpha value is -3.51. The van der Waals surface area contributed by atoms with Gasteiger partial charge in [0.25, 0.3) is 0 Å². The summed E-state index contributed by atoms with van der Waals surface area (Å²) in [6, 6.07) is 22.8. The molecule has 0 fully saturated rings. The van der Waals surface area contributed by atoms with Crippen LogP contribution in [0.15, 0.2) is 99.0 Å². The molecule has 0 atom stereocenters. The summed E-state index contributed by atoms with van der Waals surface area (Å²) in [5.41, 5.74) is 1.84. The molecule has 4 aromatic rings. The Morgan fingerprint density at radius 1 is 0.767 bits per heavy atom. The highest BCUT2D eigenvalue weighted by atomic mass is 32.2. The van der Waals surface area contributed by atoms with Gasteiger partial charge in [0.15, 0.2) is 9.84 Å². The average Bonchev–Trinajstić information content (AvgIpc) is 2.73. The Balaban J connectivity index is 1.98. The third-order valence-corrected chi connectivity index (χ3v) is 5.85. The number of sulfone groups is 1. The quantitative estimate of drug-likeness (QED) is 0.456. The zero-order valence-electron chi connectivity index (χ0n) is 16.0. The van der Waals surface area contributed by atoms with Crippen LogP contribution in [0.4, 0.5) is 4.39 Å². The molecular weight excluding hydrogens is 403 g/mol. The van der Waals surface area contributed by atoms with Crippen LogP contribution >= 0.6 is 0 Å². The molecule has 4 nitrogen and oxygen atoms in total. The van der Waals surface area contributed by atoms with Gasteiger partial charge in [-0.1, -0.05) is 54.6 Å². The Morgan fingerprint density at radius 3 is 2.07 bits per heavy atom. The molecule has 4 rings (SSSR count). The van der Waals surface area contributed by atoms with Crippen molar-refractivity contribution in [3.63, 3.8) is 0 Å². The number of benzene rings is 3. The Bertz CT molecular complexity index is 1370. The molecule has 0 saturated heterocycles. The average molecular weight is 420 g/mol. The molecule has 0 amide bonds. The summed E-state index contributed by atoms with van der Waals surface area (Å²) in [6.45, 7) is 0. The van der Waals surface area contributed by atoms with Crippen molar-refractivity contribution in [3.05, 3.63) is 101 Å². The SMILES string of the molecule is CS(=O)(=O)c1ccc(-c2cc(-c3ccccc3)oc(=O)c2-c2cccc(F)c2)cc1. The molecule has 0 aliphatic carbocycles. The van der Waals surface area contributed by atoms with Crippen LogP contribution in [0.2, 0.25) is 0 Å². The molecule has 0 aliphatic rings. The zero-order valence-corrected chi connectivity index (χ0v) is 16.8. The van der Waals surface area contributed by atoms with E-state index >= 15 is 0 Å². The predicted molar refractivity (Wildman–Crippen MR) is 114 cm³/mol. The smallest absolute Gasteiger partial charge is 0.344 e. The van der Waals surface area contributed by atoms with E-state index in [1.807, 2.05) is 30.3 Å². The second kappa shape index (κ2) is 7.72. The first-order valence-corrected chi connectivity index (χ1v) is 11.0. The van der Waals surface area contributed by atoms with Crippen LogP contribution in [0.1, 0.15) is 0 Å². The van der Waals surface area contributed by atoms with E-state index in [-0.39, 0.29) is 10.5 Å². The number of halogens is 1. The number of rotatable bonds is 4. The summed E-state index contributed by atoms with van der Waals surface area (Å²) in [5, 5.41) is 0. The summed E-state index contributed by atoms with van der Waals surface area (Å²) >= 11 is 0. The molecule has 0 aliphatic heterocycles. The maximum atomic E-state index is 13.8. The standard InChI is InChI=1S/C24H17FO4S/c1-30(27,28)20-12-10-16(11-13-20)21-15-22(17-6-3-2-4-7-17)29-24(26)23(21)18-8-5-9-19(25)14-18/h2-15H,1H3. The van der Waals surface area contributed by atoms with Crippen molar-refractivity contribution in [2.75, 3.05) is 6.26 Å². The van der Waals surface area contributed by atoms with Crippen molar-refractivity contribution in [3.8, 4) is 33.6 Å². The minimum atomic E-state index is -3.36. The van der Waals surface area contributed by atoms with Crippen LogP contribution < -0.4 is 5.63 Å². The first-order valence-electron chi connectivity index (χ1n) is 9.13. The monoisotopic (exact) mass is 420 g/mol. The Kier molecular flexibility index (Phi) is 5.10. The summed E-state index contributed by atoms with van der Waals surface area (Å²) < 4.78 is 43.0. The van der Waals surface area contributed by atoms with Crippen molar-refractivity contribution in [2.24, 2.45) is 0 Å². The van der Waals surface area contributed by atoms with Gasteiger partial charge in [-0.2, -0.15) is 0 Å². The summed E-state index contributed by atoms with van der Waals surface area (Å²) in [5.74, 6) is -0.111. The van der Waals surface area contributed by atoms with Gasteiger partial charge in [0.1, 0.15) is 11.6 Å². The molecule has 150 valence electrons. The Labute approximate surface area is 173 Å². The molecule has 0 saturated carbocycles. The van der Waals surface area contributed by atoms with E-state index < -0.39 is 21.3 Å². The van der Waals surface area contributed by atoms with Gasteiger partial charge in [-0.25, -0.2) is 17.6 Å². The van der Waals surface area contributed by atoms with E-state index in [2.05, 4.69) is 0 Å². The van der Waals surface area contributed by atoms with E-state index in [4.69, 9.17) is 4.42 Å². The summed E-state index contributed by atoms with van der Waals surface area (Å²) in [7, 11) is -3.36. The maximum Gasteiger partial charge on any atom is 0.344 e. The minimum Gasteiger partial charge on any atom is -0.422 e. The normalized spacial score (nSPS) is 11.4. The van der Waals surface area contributed by atoms with E-state index in [1.54, 1.807) is 24.3 Å². The molecule has 0 unspecified atom stereocenters. The third kappa shape index (κ3) is 3.95. The molecule has 3 aromatic carbocycles. The number of hydrogen-bond donors (Lipinski definition) is 0. The van der Waals surface area contributed by atoms with Gasteiger partial charge in [-0.05, 0) is 41.5 Å². The van der Waals surface area contributed by atoms with Gasteiger partial charge >= 0.3 is 5.63 Å². The van der Waals surface area contributed by atoms with Crippen LogP contribution in [0.5, 0.6) is 0 Å². The number of hydrogen-bond acceptors (Lipinski definition) is 4. The highest BCUT2D eigenvalue weighted by Gasteiger charge is 2.18. The van der Waals surface area contributed by atoms with Crippen LogP contribution in [-0.4, -0.2) is 14.7 Å². The van der Waals surface area contributed by atoms with Crippen LogP contribution in [-0.2, 0) is 9.84 Å². The largest absolute Gasteiger partial charge is 0.422 e. The molecule has 1 aromatic heterocycles. The van der Waals surface area contributed by atoms with E-state index in [0.717, 1.165) is 11.8 Å². The fraction of sp³-hybridized carbons (Fsp3) is 0.0417. The zero-order chi connectivity index (χ0) is 21.3. The first kappa shape index (κ1) is 19.8. The molecular formula is C24H17FO4S. The van der Waals surface area contributed by atoms with E-state index in [9.17, 15) is 17.6 Å². The van der Waals surface area contributed by atoms with Gasteiger partial charge < -0.3 is 4.42 Å². The fourth-order valence-corrected chi connectivity index (χ4v) is 3.90. The van der Waals surface area contributed by atoms with Gasteiger partial charge in [-0.3, -0.25) is 0 Å². The van der Waals surface area contributed by atoms with Gasteiger partial charge in [0.05, 0.1) is 10.5 Å². The first-order chi connectivity index (χ1) is 14.3. The molecule has 0 N–H and O–H groups in total.